The van der Waals surface area contributed by atoms with Gasteiger partial charge >= 0.3 is 5.69 Å². The van der Waals surface area contributed by atoms with Gasteiger partial charge in [0, 0.05) is 7.05 Å². The summed E-state index contributed by atoms with van der Waals surface area (Å²) in [5, 5.41) is 4.04. The minimum atomic E-state index is -0.642. The van der Waals surface area contributed by atoms with Crippen LogP contribution in [0.5, 0.6) is 0 Å². The maximum absolute atomic E-state index is 12.5. The van der Waals surface area contributed by atoms with Crippen molar-refractivity contribution in [2.45, 2.75) is 6.92 Å². The van der Waals surface area contributed by atoms with Crippen molar-refractivity contribution in [2.24, 2.45) is 7.05 Å². The number of hydrogen-bond acceptors (Lipinski definition) is 5. The molecular formula is C13H11N5O2. The van der Waals surface area contributed by atoms with Crippen LogP contribution in [-0.2, 0) is 7.05 Å². The summed E-state index contributed by atoms with van der Waals surface area (Å²) in [5.41, 5.74) is -0.539. The Morgan fingerprint density at radius 2 is 1.75 bits per heavy atom. The van der Waals surface area contributed by atoms with Crippen LogP contribution in [0.4, 0.5) is 0 Å². The molecule has 0 saturated carbocycles. The summed E-state index contributed by atoms with van der Waals surface area (Å²) in [5.74, 6) is 0.620. The van der Waals surface area contributed by atoms with Gasteiger partial charge in [-0.15, -0.1) is 0 Å². The summed E-state index contributed by atoms with van der Waals surface area (Å²) in [4.78, 5) is 32.5. The van der Waals surface area contributed by atoms with Crippen LogP contribution in [0.1, 0.15) is 5.82 Å². The van der Waals surface area contributed by atoms with Gasteiger partial charge in [-0.05, 0) is 19.1 Å². The van der Waals surface area contributed by atoms with Crippen molar-refractivity contribution in [3.8, 4) is 17.2 Å². The summed E-state index contributed by atoms with van der Waals surface area (Å²) in [6.07, 6.45) is 0. The fraction of sp³-hybridized carbons (Fsp3) is 0.154. The quantitative estimate of drug-likeness (QED) is 0.627. The van der Waals surface area contributed by atoms with Gasteiger partial charge in [0.1, 0.15) is 5.82 Å². The molecule has 0 N–H and O–H groups in total. The molecule has 1 aromatic rings. The number of para-hydroxylation sites is 1. The van der Waals surface area contributed by atoms with E-state index >= 15 is 0 Å². The van der Waals surface area contributed by atoms with Gasteiger partial charge in [-0.2, -0.15) is 10.1 Å². The highest BCUT2D eigenvalue weighted by Gasteiger charge is 2.19. The van der Waals surface area contributed by atoms with Crippen LogP contribution >= 0.6 is 0 Å². The first kappa shape index (κ1) is 12.2. The fourth-order valence-electron chi connectivity index (χ4n) is 2.06. The molecule has 1 aromatic carbocycles. The van der Waals surface area contributed by atoms with Crippen LogP contribution in [0.25, 0.3) is 17.2 Å². The third-order valence-corrected chi connectivity index (χ3v) is 2.90. The molecule has 0 aromatic heterocycles. The van der Waals surface area contributed by atoms with Gasteiger partial charge in [-0.1, -0.05) is 18.2 Å². The highest BCUT2D eigenvalue weighted by Crippen LogP contribution is 2.09. The van der Waals surface area contributed by atoms with E-state index in [1.165, 1.54) is 4.68 Å². The van der Waals surface area contributed by atoms with Crippen molar-refractivity contribution in [3.63, 3.8) is 0 Å². The topological polar surface area (TPSA) is 82.7 Å². The number of nitrogens with zero attached hydrogens (tertiary/aromatic N) is 5. The second-order valence-electron chi connectivity index (χ2n) is 4.33. The zero-order chi connectivity index (χ0) is 14.3. The predicted molar refractivity (Wildman–Crippen MR) is 72.0 cm³/mol. The molecule has 0 fully saturated rings. The Morgan fingerprint density at radius 3 is 2.45 bits per heavy atom. The largest absolute Gasteiger partial charge is 0.357 e. The van der Waals surface area contributed by atoms with E-state index in [1.807, 2.05) is 0 Å². The average Bonchev–Trinajstić information content (AvgIpc) is 2.42. The van der Waals surface area contributed by atoms with Crippen molar-refractivity contribution < 1.29 is 0 Å². The van der Waals surface area contributed by atoms with Crippen molar-refractivity contribution in [1.82, 2.24) is 24.3 Å². The molecule has 20 heavy (non-hydrogen) atoms. The number of hydrogen-bond donors (Lipinski definition) is 0. The first-order chi connectivity index (χ1) is 9.58. The maximum atomic E-state index is 12.5. The van der Waals surface area contributed by atoms with Gasteiger partial charge in [0.25, 0.3) is 5.56 Å². The number of rotatable bonds is 1. The first-order valence-electron chi connectivity index (χ1n) is 5.98. The van der Waals surface area contributed by atoms with Crippen LogP contribution in [0.2, 0.25) is 0 Å². The smallest absolute Gasteiger partial charge is 0.266 e. The number of benzene rings is 1. The molecule has 7 heteroatoms. The number of aryl methyl sites for hydroxylation is 2. The summed E-state index contributed by atoms with van der Waals surface area (Å²) in [6, 6.07) is 8.64. The standard InChI is InChI=1S/C13H11N5O2/c1-8-14-10-11(17(2)16-8)15-13(20)18(12(10)19)9-6-4-3-5-7-9/h3-7H,1-2H3. The molecule has 2 heterocycles. The Bertz CT molecular complexity index is 866. The number of aromatic nitrogens is 5. The molecule has 0 radical (unpaired) electrons. The summed E-state index contributed by atoms with van der Waals surface area (Å²) >= 11 is 0. The SMILES string of the molecule is Cc1nc2c(=O)n(-c3ccccc3)c(=O)nc-2n(C)n1. The minimum Gasteiger partial charge on any atom is -0.266 e. The molecule has 0 spiro atoms. The van der Waals surface area contributed by atoms with Gasteiger partial charge in [-0.25, -0.2) is 19.0 Å². The van der Waals surface area contributed by atoms with Crippen LogP contribution in [-0.4, -0.2) is 24.3 Å². The van der Waals surface area contributed by atoms with Crippen LogP contribution in [0.3, 0.4) is 0 Å². The third kappa shape index (κ3) is 1.80. The van der Waals surface area contributed by atoms with E-state index in [4.69, 9.17) is 0 Å². The zero-order valence-electron chi connectivity index (χ0n) is 10.9. The van der Waals surface area contributed by atoms with Gasteiger partial charge < -0.3 is 0 Å². The molecule has 2 aliphatic rings. The van der Waals surface area contributed by atoms with E-state index < -0.39 is 11.2 Å². The third-order valence-electron chi connectivity index (χ3n) is 2.90. The molecule has 0 saturated heterocycles. The molecule has 2 aliphatic heterocycles. The lowest BCUT2D eigenvalue weighted by molar-refractivity contribution is 0.671. The van der Waals surface area contributed by atoms with Crippen LogP contribution in [0.15, 0.2) is 39.9 Å². The van der Waals surface area contributed by atoms with Gasteiger partial charge in [0.05, 0.1) is 5.69 Å². The Hall–Kier alpha value is -2.83. The maximum Gasteiger partial charge on any atom is 0.357 e. The Kier molecular flexibility index (Phi) is 2.67. The van der Waals surface area contributed by atoms with E-state index in [-0.39, 0.29) is 11.5 Å². The average molecular weight is 269 g/mol. The Balaban J connectivity index is 2.45. The van der Waals surface area contributed by atoms with E-state index in [9.17, 15) is 9.59 Å². The van der Waals surface area contributed by atoms with Gasteiger partial charge in [0.15, 0.2) is 11.5 Å². The fourth-order valence-corrected chi connectivity index (χ4v) is 2.06. The molecule has 0 amide bonds. The van der Waals surface area contributed by atoms with Crippen molar-refractivity contribution in [2.75, 3.05) is 0 Å². The van der Waals surface area contributed by atoms with Crippen molar-refractivity contribution in [3.05, 3.63) is 57.0 Å². The molecule has 7 nitrogen and oxygen atoms in total. The van der Waals surface area contributed by atoms with E-state index in [1.54, 1.807) is 44.3 Å². The first-order valence-corrected chi connectivity index (χ1v) is 5.98. The molecule has 100 valence electrons. The zero-order valence-corrected chi connectivity index (χ0v) is 10.9. The lowest BCUT2D eigenvalue weighted by Crippen LogP contribution is -2.37. The van der Waals surface area contributed by atoms with Gasteiger partial charge in [-0.3, -0.25) is 4.79 Å². The second kappa shape index (κ2) is 4.37. The molecule has 0 unspecified atom stereocenters. The summed E-state index contributed by atoms with van der Waals surface area (Å²) < 4.78 is 2.39. The minimum absolute atomic E-state index is 0.128. The molecule has 3 rings (SSSR count). The molecular weight excluding hydrogens is 258 g/mol. The molecule has 0 bridgehead atoms. The number of fused-ring (bicyclic) bond motifs is 1. The summed E-state index contributed by atoms with van der Waals surface area (Å²) in [7, 11) is 1.62. The Morgan fingerprint density at radius 1 is 1.05 bits per heavy atom. The normalized spacial score (nSPS) is 10.9. The Labute approximate surface area is 113 Å². The van der Waals surface area contributed by atoms with Crippen LogP contribution in [0, 0.1) is 6.92 Å². The molecule has 0 atom stereocenters. The highest BCUT2D eigenvalue weighted by molar-refractivity contribution is 5.49. The molecule has 0 aliphatic carbocycles. The lowest BCUT2D eigenvalue weighted by Gasteiger charge is -2.11. The second-order valence-corrected chi connectivity index (χ2v) is 4.33. The van der Waals surface area contributed by atoms with Gasteiger partial charge in [0.2, 0.25) is 0 Å². The van der Waals surface area contributed by atoms with E-state index in [0.29, 0.717) is 11.5 Å². The van der Waals surface area contributed by atoms with Crippen molar-refractivity contribution >= 4 is 0 Å². The monoisotopic (exact) mass is 269 g/mol. The predicted octanol–water partition coefficient (Wildman–Crippen LogP) is 0.134. The van der Waals surface area contributed by atoms with Crippen LogP contribution < -0.4 is 11.2 Å². The summed E-state index contributed by atoms with van der Waals surface area (Å²) in [6.45, 7) is 1.68. The van der Waals surface area contributed by atoms with Crippen molar-refractivity contribution in [1.29, 1.82) is 0 Å². The highest BCUT2D eigenvalue weighted by atomic mass is 16.2. The lowest BCUT2D eigenvalue weighted by atomic mass is 10.3. The van der Waals surface area contributed by atoms with E-state index in [2.05, 4.69) is 15.1 Å². The van der Waals surface area contributed by atoms with E-state index in [0.717, 1.165) is 4.57 Å².